The molecule has 0 radical (unpaired) electrons. The first-order valence-electron chi connectivity index (χ1n) is 6.88. The van der Waals surface area contributed by atoms with Gasteiger partial charge in [0.25, 0.3) is 0 Å². The van der Waals surface area contributed by atoms with Gasteiger partial charge in [-0.15, -0.1) is 0 Å². The van der Waals surface area contributed by atoms with E-state index in [1.165, 1.54) is 0 Å². The first-order valence-corrected chi connectivity index (χ1v) is 9.45. The van der Waals surface area contributed by atoms with Gasteiger partial charge in [0.15, 0.2) is 4.58 Å². The monoisotopic (exact) mass is 384 g/mol. The van der Waals surface area contributed by atoms with Crippen LogP contribution in [0.2, 0.25) is 0 Å². The molecule has 0 aromatic heterocycles. The van der Waals surface area contributed by atoms with Crippen LogP contribution in [0, 0.1) is 0 Å². The second kappa shape index (κ2) is 9.95. The van der Waals surface area contributed by atoms with E-state index < -0.39 is 16.2 Å². The van der Waals surface area contributed by atoms with Crippen LogP contribution in [0.5, 0.6) is 0 Å². The largest absolute Gasteiger partial charge is 0.476 e. The standard InChI is InChI=1S/C14H24O4S4/c1-8(2)16-12(19)21-11(10(15)18-14(5,6)7)22-13(20)17-9(3)4/h8-9,11H,1-7H3. The second-order valence-corrected chi connectivity index (χ2v) is 9.65. The van der Waals surface area contributed by atoms with Crippen LogP contribution in [0.3, 0.4) is 0 Å². The first-order chi connectivity index (χ1) is 9.90. The summed E-state index contributed by atoms with van der Waals surface area (Å²) in [5.74, 6) is -0.410. The maximum atomic E-state index is 12.3. The summed E-state index contributed by atoms with van der Waals surface area (Å²) in [6, 6.07) is 0. The highest BCUT2D eigenvalue weighted by molar-refractivity contribution is 8.36. The summed E-state index contributed by atoms with van der Waals surface area (Å²) in [6.07, 6.45) is -0.105. The fraction of sp³-hybridized carbons (Fsp3) is 0.786. The van der Waals surface area contributed by atoms with E-state index in [4.69, 9.17) is 38.6 Å². The lowest BCUT2D eigenvalue weighted by Crippen LogP contribution is -2.30. The van der Waals surface area contributed by atoms with E-state index >= 15 is 0 Å². The third kappa shape index (κ3) is 11.5. The Morgan fingerprint density at radius 3 is 1.55 bits per heavy atom. The molecule has 0 amide bonds. The van der Waals surface area contributed by atoms with Crippen LogP contribution < -0.4 is 0 Å². The maximum Gasteiger partial charge on any atom is 0.330 e. The molecule has 0 aliphatic rings. The smallest absolute Gasteiger partial charge is 0.330 e. The lowest BCUT2D eigenvalue weighted by Gasteiger charge is -2.24. The van der Waals surface area contributed by atoms with Crippen LogP contribution in [0.15, 0.2) is 0 Å². The lowest BCUT2D eigenvalue weighted by atomic mass is 10.2. The highest BCUT2D eigenvalue weighted by atomic mass is 32.2. The summed E-state index contributed by atoms with van der Waals surface area (Å²) < 4.78 is 16.1. The number of thiocarbonyl (C=S) groups is 2. The molecule has 0 spiro atoms. The molecule has 0 aliphatic heterocycles. The van der Waals surface area contributed by atoms with E-state index in [9.17, 15) is 4.79 Å². The van der Waals surface area contributed by atoms with Crippen LogP contribution in [0.1, 0.15) is 48.5 Å². The molecule has 0 atom stereocenters. The van der Waals surface area contributed by atoms with Crippen molar-refractivity contribution in [2.24, 2.45) is 0 Å². The fourth-order valence-corrected chi connectivity index (χ4v) is 4.26. The van der Waals surface area contributed by atoms with Gasteiger partial charge < -0.3 is 14.2 Å². The van der Waals surface area contributed by atoms with Crippen molar-refractivity contribution in [2.45, 2.75) is 70.9 Å². The molecule has 0 fully saturated rings. The van der Waals surface area contributed by atoms with Gasteiger partial charge >= 0.3 is 5.97 Å². The van der Waals surface area contributed by atoms with Gasteiger partial charge in [0.1, 0.15) is 5.60 Å². The van der Waals surface area contributed by atoms with Crippen LogP contribution in [-0.2, 0) is 19.0 Å². The zero-order valence-electron chi connectivity index (χ0n) is 14.0. The number of thioether (sulfide) groups is 2. The van der Waals surface area contributed by atoms with Crippen LogP contribution in [-0.4, -0.2) is 37.1 Å². The number of hydrogen-bond acceptors (Lipinski definition) is 8. The molecule has 0 aromatic carbocycles. The molecule has 8 heteroatoms. The van der Waals surface area contributed by atoms with E-state index in [-0.39, 0.29) is 21.0 Å². The second-order valence-electron chi connectivity index (χ2n) is 5.93. The minimum Gasteiger partial charge on any atom is -0.476 e. The Kier molecular flexibility index (Phi) is 9.93. The predicted molar refractivity (Wildman–Crippen MR) is 102 cm³/mol. The van der Waals surface area contributed by atoms with Crippen molar-refractivity contribution < 1.29 is 19.0 Å². The van der Waals surface area contributed by atoms with Crippen molar-refractivity contribution in [1.29, 1.82) is 0 Å². The van der Waals surface area contributed by atoms with Crippen LogP contribution in [0.4, 0.5) is 0 Å². The molecule has 0 heterocycles. The Labute approximate surface area is 152 Å². The Balaban J connectivity index is 4.86. The molecule has 22 heavy (non-hydrogen) atoms. The van der Waals surface area contributed by atoms with Gasteiger partial charge in [0.05, 0.1) is 12.2 Å². The Bertz CT molecular complexity index is 378. The third-order valence-electron chi connectivity index (χ3n) is 1.67. The number of ether oxygens (including phenoxy) is 3. The summed E-state index contributed by atoms with van der Waals surface area (Å²) in [5.41, 5.74) is -0.586. The molecule has 0 saturated carbocycles. The van der Waals surface area contributed by atoms with E-state index in [0.29, 0.717) is 0 Å². The van der Waals surface area contributed by atoms with Gasteiger partial charge in [-0.1, -0.05) is 0 Å². The Morgan fingerprint density at radius 2 is 1.27 bits per heavy atom. The Hall–Kier alpha value is -0.0500. The molecule has 0 aromatic rings. The fourth-order valence-electron chi connectivity index (χ4n) is 1.09. The minimum atomic E-state index is -0.656. The van der Waals surface area contributed by atoms with Gasteiger partial charge in [0.2, 0.25) is 8.77 Å². The lowest BCUT2D eigenvalue weighted by molar-refractivity contribution is -0.152. The molecule has 0 N–H and O–H groups in total. The van der Waals surface area contributed by atoms with Crippen LogP contribution in [0.25, 0.3) is 0 Å². The molecule has 0 unspecified atom stereocenters. The summed E-state index contributed by atoms with van der Waals surface area (Å²) in [7, 11) is 0. The van der Waals surface area contributed by atoms with Gasteiger partial charge in [-0.2, -0.15) is 0 Å². The number of hydrogen-bond donors (Lipinski definition) is 0. The quantitative estimate of drug-likeness (QED) is 0.389. The minimum absolute atomic E-state index is 0.0526. The normalized spacial score (nSPS) is 11.7. The first kappa shape index (κ1) is 21.9. The number of rotatable bonds is 5. The summed E-state index contributed by atoms with van der Waals surface area (Å²) >= 11 is 12.5. The molecule has 128 valence electrons. The van der Waals surface area contributed by atoms with Crippen molar-refractivity contribution in [3.05, 3.63) is 0 Å². The van der Waals surface area contributed by atoms with Crippen molar-refractivity contribution in [3.8, 4) is 0 Å². The number of carbonyl (C=O) groups excluding carboxylic acids is 1. The highest BCUT2D eigenvalue weighted by Gasteiger charge is 2.30. The van der Waals surface area contributed by atoms with E-state index in [2.05, 4.69) is 0 Å². The molecule has 0 rings (SSSR count). The number of carbonyl (C=O) groups is 1. The average molecular weight is 385 g/mol. The van der Waals surface area contributed by atoms with Crippen molar-refractivity contribution in [1.82, 2.24) is 0 Å². The Morgan fingerprint density at radius 1 is 0.909 bits per heavy atom. The van der Waals surface area contributed by atoms with Gasteiger partial charge in [0, 0.05) is 0 Å². The van der Waals surface area contributed by atoms with Crippen molar-refractivity contribution >= 4 is 62.7 Å². The molecular formula is C14H24O4S4. The highest BCUT2D eigenvalue weighted by Crippen LogP contribution is 2.30. The van der Waals surface area contributed by atoms with Gasteiger partial charge in [-0.3, -0.25) is 0 Å². The van der Waals surface area contributed by atoms with E-state index in [1.54, 1.807) is 0 Å². The maximum absolute atomic E-state index is 12.3. The van der Waals surface area contributed by atoms with Gasteiger partial charge in [-0.25, -0.2) is 4.79 Å². The molecular weight excluding hydrogens is 360 g/mol. The zero-order valence-corrected chi connectivity index (χ0v) is 17.3. The molecule has 0 bridgehead atoms. The summed E-state index contributed by atoms with van der Waals surface area (Å²) in [5, 5.41) is 0. The summed E-state index contributed by atoms with van der Waals surface area (Å²) in [4.78, 5) is 12.3. The molecule has 4 nitrogen and oxygen atoms in total. The molecule has 0 saturated heterocycles. The zero-order chi connectivity index (χ0) is 17.5. The SMILES string of the molecule is CC(C)OC(=S)SC(SC(=S)OC(C)C)C(=O)OC(C)(C)C. The van der Waals surface area contributed by atoms with Gasteiger partial charge in [-0.05, 0) is 96.4 Å². The average Bonchev–Trinajstić information content (AvgIpc) is 2.22. The molecule has 0 aliphatic carbocycles. The van der Waals surface area contributed by atoms with Crippen molar-refractivity contribution in [2.75, 3.05) is 0 Å². The van der Waals surface area contributed by atoms with Crippen LogP contribution >= 0.6 is 48.0 Å². The van der Waals surface area contributed by atoms with E-state index in [0.717, 1.165) is 23.5 Å². The van der Waals surface area contributed by atoms with Crippen molar-refractivity contribution in [3.63, 3.8) is 0 Å². The predicted octanol–water partition coefficient (Wildman–Crippen LogP) is 4.54. The third-order valence-corrected chi connectivity index (χ3v) is 4.41. The van der Waals surface area contributed by atoms with E-state index in [1.807, 2.05) is 48.5 Å². The topological polar surface area (TPSA) is 44.8 Å². The summed E-state index contributed by atoms with van der Waals surface area (Å²) in [6.45, 7) is 12.9. The number of esters is 1.